The molecular weight excluding hydrogens is 350 g/mol. The molecule has 148 valence electrons. The number of pyridine rings is 1. The van der Waals surface area contributed by atoms with Crippen molar-refractivity contribution < 1.29 is 9.53 Å². The summed E-state index contributed by atoms with van der Waals surface area (Å²) in [6, 6.07) is 12.4. The van der Waals surface area contributed by atoms with Gasteiger partial charge in [0.15, 0.2) is 0 Å². The maximum Gasteiger partial charge on any atom is 0.256 e. The Morgan fingerprint density at radius 2 is 1.89 bits per heavy atom. The summed E-state index contributed by atoms with van der Waals surface area (Å²) in [6.45, 7) is 9.54. The first-order valence-corrected chi connectivity index (χ1v) is 10.2. The number of carbonyl (C=O) groups is 1. The summed E-state index contributed by atoms with van der Waals surface area (Å²) >= 11 is 0. The monoisotopic (exact) mass is 379 g/mol. The van der Waals surface area contributed by atoms with Gasteiger partial charge in [-0.1, -0.05) is 18.2 Å². The molecule has 1 amide bonds. The fourth-order valence-corrected chi connectivity index (χ4v) is 4.34. The van der Waals surface area contributed by atoms with Crippen LogP contribution in [0.4, 0.5) is 0 Å². The minimum absolute atomic E-state index is 0.0385. The van der Waals surface area contributed by atoms with Crippen molar-refractivity contribution in [3.8, 4) is 5.75 Å². The Balaban J connectivity index is 1.66. The Morgan fingerprint density at radius 1 is 1.14 bits per heavy atom. The summed E-state index contributed by atoms with van der Waals surface area (Å²) in [7, 11) is 0. The van der Waals surface area contributed by atoms with Gasteiger partial charge in [-0.25, -0.2) is 0 Å². The summed E-state index contributed by atoms with van der Waals surface area (Å²) < 4.78 is 6.62. The first-order chi connectivity index (χ1) is 13.5. The summed E-state index contributed by atoms with van der Waals surface area (Å²) in [4.78, 5) is 22.2. The third-order valence-corrected chi connectivity index (χ3v) is 6.10. The molecule has 1 fully saturated rings. The second-order valence-corrected chi connectivity index (χ2v) is 8.32. The number of benzene rings is 1. The van der Waals surface area contributed by atoms with Crippen molar-refractivity contribution in [2.24, 2.45) is 0 Å². The maximum atomic E-state index is 13.4. The van der Waals surface area contributed by atoms with Gasteiger partial charge in [-0.15, -0.1) is 0 Å². The van der Waals surface area contributed by atoms with E-state index < -0.39 is 0 Å². The van der Waals surface area contributed by atoms with Gasteiger partial charge in [-0.2, -0.15) is 0 Å². The van der Waals surface area contributed by atoms with E-state index in [0.717, 1.165) is 42.9 Å². The van der Waals surface area contributed by atoms with E-state index in [0.29, 0.717) is 24.7 Å². The van der Waals surface area contributed by atoms with Gasteiger partial charge < -0.3 is 14.5 Å². The molecule has 1 aromatic heterocycles. The van der Waals surface area contributed by atoms with Crippen molar-refractivity contribution in [2.45, 2.75) is 51.8 Å². The number of piperidine rings is 1. The lowest BCUT2D eigenvalue weighted by molar-refractivity contribution is -0.0213. The highest BCUT2D eigenvalue weighted by Gasteiger charge is 2.42. The second kappa shape index (κ2) is 7.55. The zero-order valence-electron chi connectivity index (χ0n) is 17.0. The van der Waals surface area contributed by atoms with Crippen LogP contribution in [0, 0.1) is 6.92 Å². The molecule has 5 heteroatoms. The van der Waals surface area contributed by atoms with Gasteiger partial charge in [0.1, 0.15) is 11.4 Å². The molecule has 0 N–H and O–H groups in total. The van der Waals surface area contributed by atoms with Gasteiger partial charge in [-0.05, 0) is 39.0 Å². The zero-order valence-corrected chi connectivity index (χ0v) is 17.0. The lowest BCUT2D eigenvalue weighted by atomic mass is 9.89. The van der Waals surface area contributed by atoms with Crippen LogP contribution in [0.5, 0.6) is 5.75 Å². The molecule has 2 aliphatic rings. The van der Waals surface area contributed by atoms with E-state index >= 15 is 0 Å². The Morgan fingerprint density at radius 3 is 2.61 bits per heavy atom. The van der Waals surface area contributed by atoms with Gasteiger partial charge in [0.05, 0.1) is 12.1 Å². The third-order valence-electron chi connectivity index (χ3n) is 6.10. The van der Waals surface area contributed by atoms with Crippen molar-refractivity contribution >= 4 is 5.91 Å². The largest absolute Gasteiger partial charge is 0.485 e. The van der Waals surface area contributed by atoms with Gasteiger partial charge in [0.2, 0.25) is 0 Å². The smallest absolute Gasteiger partial charge is 0.256 e. The zero-order chi connectivity index (χ0) is 19.7. The third kappa shape index (κ3) is 3.63. The van der Waals surface area contributed by atoms with E-state index in [1.807, 2.05) is 42.2 Å². The molecule has 0 saturated carbocycles. The van der Waals surface area contributed by atoms with Gasteiger partial charge >= 0.3 is 0 Å². The number of hydrogen-bond acceptors (Lipinski definition) is 4. The van der Waals surface area contributed by atoms with Crippen molar-refractivity contribution in [3.63, 3.8) is 0 Å². The van der Waals surface area contributed by atoms with Crippen LogP contribution >= 0.6 is 0 Å². The van der Waals surface area contributed by atoms with E-state index in [2.05, 4.69) is 29.8 Å². The molecule has 0 bridgehead atoms. The molecule has 0 radical (unpaired) electrons. The number of carbonyl (C=O) groups excluding carboxylic acids is 1. The molecule has 28 heavy (non-hydrogen) atoms. The average Bonchev–Trinajstić information content (AvgIpc) is 2.85. The van der Waals surface area contributed by atoms with Crippen LogP contribution in [0.2, 0.25) is 0 Å². The molecular formula is C23H29N3O2. The van der Waals surface area contributed by atoms with Gasteiger partial charge in [-0.3, -0.25) is 9.78 Å². The summed E-state index contributed by atoms with van der Waals surface area (Å²) in [6.07, 6.45) is 3.58. The number of amides is 1. The molecule has 1 aromatic carbocycles. The molecule has 4 rings (SSSR count). The van der Waals surface area contributed by atoms with Crippen LogP contribution in [0.15, 0.2) is 42.6 Å². The van der Waals surface area contributed by atoms with Crippen LogP contribution in [0.3, 0.4) is 0 Å². The summed E-state index contributed by atoms with van der Waals surface area (Å²) in [5.74, 6) is 0.954. The lowest BCUT2D eigenvalue weighted by Crippen LogP contribution is -2.55. The van der Waals surface area contributed by atoms with Crippen LogP contribution in [-0.2, 0) is 6.54 Å². The predicted molar refractivity (Wildman–Crippen MR) is 109 cm³/mol. The van der Waals surface area contributed by atoms with Gasteiger partial charge in [0.25, 0.3) is 5.91 Å². The Labute approximate surface area is 167 Å². The van der Waals surface area contributed by atoms with Crippen molar-refractivity contribution in [3.05, 3.63) is 59.4 Å². The van der Waals surface area contributed by atoms with E-state index in [1.165, 1.54) is 0 Å². The number of aryl methyl sites for hydroxylation is 1. The number of likely N-dealkylation sites (tertiary alicyclic amines) is 1. The predicted octanol–water partition coefficient (Wildman–Crippen LogP) is 3.67. The molecule has 0 unspecified atom stereocenters. The maximum absolute atomic E-state index is 13.4. The molecule has 0 atom stereocenters. The topological polar surface area (TPSA) is 45.7 Å². The fraction of sp³-hybridized carbons (Fsp3) is 0.478. The molecule has 1 saturated heterocycles. The average molecular weight is 380 g/mol. The van der Waals surface area contributed by atoms with Crippen LogP contribution in [0.25, 0.3) is 0 Å². The highest BCUT2D eigenvalue weighted by Crippen LogP contribution is 2.36. The Hall–Kier alpha value is -2.40. The number of hydrogen-bond donors (Lipinski definition) is 0. The Kier molecular flexibility index (Phi) is 5.11. The van der Waals surface area contributed by atoms with Crippen molar-refractivity contribution in [1.29, 1.82) is 0 Å². The summed E-state index contributed by atoms with van der Waals surface area (Å²) in [5.41, 5.74) is 2.19. The fourth-order valence-electron chi connectivity index (χ4n) is 4.34. The number of ether oxygens (including phenoxy) is 1. The molecule has 2 aliphatic heterocycles. The highest BCUT2D eigenvalue weighted by molar-refractivity contribution is 5.95. The number of fused-ring (bicyclic) bond motifs is 1. The normalized spacial score (nSPS) is 19.2. The number of para-hydroxylation sites is 1. The first-order valence-electron chi connectivity index (χ1n) is 10.2. The van der Waals surface area contributed by atoms with Crippen molar-refractivity contribution in [1.82, 2.24) is 14.8 Å². The Bertz CT molecular complexity index is 856. The first kappa shape index (κ1) is 18.9. The minimum Gasteiger partial charge on any atom is -0.485 e. The standard InChI is InChI=1S/C23H29N3O2/c1-17(2)25-13-10-23(11-14-25)16-26(15-19-7-4-5-9-21(19)28-23)22(27)20-8-6-12-24-18(20)3/h4-9,12,17H,10-11,13-16H2,1-3H3. The number of rotatable bonds is 2. The van der Waals surface area contributed by atoms with Gasteiger partial charge in [0, 0.05) is 56.0 Å². The van der Waals surface area contributed by atoms with E-state index in [1.54, 1.807) is 6.20 Å². The highest BCUT2D eigenvalue weighted by atomic mass is 16.5. The van der Waals surface area contributed by atoms with E-state index in [4.69, 9.17) is 4.74 Å². The minimum atomic E-state index is -0.330. The molecule has 1 spiro atoms. The molecule has 3 heterocycles. The van der Waals surface area contributed by atoms with Crippen LogP contribution in [0.1, 0.15) is 48.3 Å². The number of nitrogens with zero attached hydrogens (tertiary/aromatic N) is 3. The van der Waals surface area contributed by atoms with Crippen molar-refractivity contribution in [2.75, 3.05) is 19.6 Å². The lowest BCUT2D eigenvalue weighted by Gasteiger charge is -2.44. The number of aromatic nitrogens is 1. The van der Waals surface area contributed by atoms with Crippen LogP contribution < -0.4 is 4.74 Å². The quantitative estimate of drug-likeness (QED) is 0.799. The molecule has 0 aliphatic carbocycles. The van der Waals surface area contributed by atoms with E-state index in [-0.39, 0.29) is 11.5 Å². The second-order valence-electron chi connectivity index (χ2n) is 8.32. The SMILES string of the molecule is Cc1ncccc1C(=O)N1Cc2ccccc2OC2(CCN(C(C)C)CC2)C1. The molecule has 2 aromatic rings. The summed E-state index contributed by atoms with van der Waals surface area (Å²) in [5, 5.41) is 0. The van der Waals surface area contributed by atoms with Crippen LogP contribution in [-0.4, -0.2) is 52.0 Å². The molecule has 5 nitrogen and oxygen atoms in total. The van der Waals surface area contributed by atoms with E-state index in [9.17, 15) is 4.79 Å².